The Morgan fingerprint density at radius 3 is 2.94 bits per heavy atom. The highest BCUT2D eigenvalue weighted by molar-refractivity contribution is 5.99. The number of nitrogens with one attached hydrogen (secondary N) is 1. The molecular weight excluding hydrogens is 454 g/mol. The first-order valence-electron chi connectivity index (χ1n) is 12.1. The van der Waals surface area contributed by atoms with E-state index in [4.69, 9.17) is 20.2 Å². The number of methoxy groups -OCH3 is 1. The van der Waals surface area contributed by atoms with Gasteiger partial charge < -0.3 is 30.0 Å². The molecule has 1 saturated heterocycles. The van der Waals surface area contributed by atoms with E-state index in [9.17, 15) is 5.26 Å². The molecule has 0 aliphatic carbocycles. The first kappa shape index (κ1) is 22.0. The summed E-state index contributed by atoms with van der Waals surface area (Å²) in [5.41, 5.74) is 11.6. The Balaban J connectivity index is 1.39. The summed E-state index contributed by atoms with van der Waals surface area (Å²) in [6.07, 6.45) is 4.73. The van der Waals surface area contributed by atoms with Crippen LogP contribution in [0.5, 0.6) is 11.5 Å². The van der Waals surface area contributed by atoms with Crippen molar-refractivity contribution in [2.24, 2.45) is 5.92 Å². The molecule has 2 aliphatic rings. The number of benzene rings is 2. The fourth-order valence-corrected chi connectivity index (χ4v) is 5.19. The van der Waals surface area contributed by atoms with E-state index in [2.05, 4.69) is 32.8 Å². The number of nitrogens with two attached hydrogens (primary N) is 1. The van der Waals surface area contributed by atoms with Crippen molar-refractivity contribution in [3.05, 3.63) is 48.3 Å². The third-order valence-corrected chi connectivity index (χ3v) is 6.98. The lowest BCUT2D eigenvalue weighted by Crippen LogP contribution is -2.20. The molecule has 0 amide bonds. The van der Waals surface area contributed by atoms with Crippen LogP contribution < -0.4 is 25.4 Å². The summed E-state index contributed by atoms with van der Waals surface area (Å²) in [7, 11) is 1.63. The Labute approximate surface area is 209 Å². The van der Waals surface area contributed by atoms with E-state index in [1.165, 1.54) is 0 Å². The molecule has 2 aromatic heterocycles. The highest BCUT2D eigenvalue weighted by Gasteiger charge is 2.24. The molecule has 182 valence electrons. The number of hydrogen-bond donors (Lipinski definition) is 2. The van der Waals surface area contributed by atoms with Crippen molar-refractivity contribution in [3.8, 4) is 28.8 Å². The van der Waals surface area contributed by atoms with E-state index < -0.39 is 0 Å². The number of nitrogen functional groups attached to an aromatic ring is 1. The number of para-hydroxylation sites is 1. The molecule has 1 fully saturated rings. The van der Waals surface area contributed by atoms with Gasteiger partial charge in [0.2, 0.25) is 5.95 Å². The fraction of sp³-hybridized carbons (Fsp3) is 0.296. The number of nitriles is 1. The van der Waals surface area contributed by atoms with Gasteiger partial charge in [-0.05, 0) is 24.5 Å². The molecule has 0 radical (unpaired) electrons. The van der Waals surface area contributed by atoms with Gasteiger partial charge in [-0.15, -0.1) is 0 Å². The molecule has 0 bridgehead atoms. The maximum absolute atomic E-state index is 9.81. The van der Waals surface area contributed by atoms with Crippen molar-refractivity contribution in [3.63, 3.8) is 0 Å². The zero-order valence-corrected chi connectivity index (χ0v) is 20.3. The first-order valence-corrected chi connectivity index (χ1v) is 12.1. The van der Waals surface area contributed by atoms with Gasteiger partial charge in [-0.3, -0.25) is 0 Å². The molecule has 9 heteroatoms. The molecule has 1 unspecified atom stereocenters. The molecule has 1 atom stereocenters. The average molecular weight is 482 g/mol. The summed E-state index contributed by atoms with van der Waals surface area (Å²) in [5, 5.41) is 14.1. The SMILES string of the molecule is COc1cc(N2CCC(C)C2)c(N)cc1Nc1ncc(C#N)c(-c2cn3c4c(cccc24)OCC3)n1. The van der Waals surface area contributed by atoms with E-state index in [-0.39, 0.29) is 0 Å². The lowest BCUT2D eigenvalue weighted by molar-refractivity contribution is 0.287. The van der Waals surface area contributed by atoms with Gasteiger partial charge in [-0.25, -0.2) is 9.97 Å². The van der Waals surface area contributed by atoms with Gasteiger partial charge in [-0.2, -0.15) is 5.26 Å². The second-order valence-corrected chi connectivity index (χ2v) is 9.38. The predicted octanol–water partition coefficient (Wildman–Crippen LogP) is 4.54. The largest absolute Gasteiger partial charge is 0.494 e. The number of hydrogen-bond acceptors (Lipinski definition) is 8. The van der Waals surface area contributed by atoms with E-state index in [1.807, 2.05) is 36.5 Å². The standard InChI is InChI=1S/C27H27N7O2/c1-16-6-7-33(14-16)22-11-24(35-2)21(10-20(22)29)31-27-30-13-17(12-28)25(32-27)19-15-34-8-9-36-23-5-3-4-18(19)26(23)34/h3-5,10-11,13,15-16H,6-9,14,29H2,1-2H3,(H,30,31,32). The van der Waals surface area contributed by atoms with Crippen LogP contribution in [0.15, 0.2) is 42.7 Å². The van der Waals surface area contributed by atoms with E-state index >= 15 is 0 Å². The van der Waals surface area contributed by atoms with Crippen LogP contribution in [0.2, 0.25) is 0 Å². The normalized spacial score (nSPS) is 16.6. The lowest BCUT2D eigenvalue weighted by Gasteiger charge is -2.22. The summed E-state index contributed by atoms with van der Waals surface area (Å²) >= 11 is 0. The molecule has 0 saturated carbocycles. The molecule has 4 heterocycles. The van der Waals surface area contributed by atoms with E-state index in [0.29, 0.717) is 46.9 Å². The van der Waals surface area contributed by atoms with Crippen LogP contribution >= 0.6 is 0 Å². The van der Waals surface area contributed by atoms with E-state index in [0.717, 1.165) is 54.0 Å². The van der Waals surface area contributed by atoms with Gasteiger partial charge in [0.05, 0.1) is 53.7 Å². The molecule has 3 N–H and O–H groups in total. The Morgan fingerprint density at radius 1 is 1.28 bits per heavy atom. The minimum atomic E-state index is 0.354. The summed E-state index contributed by atoms with van der Waals surface area (Å²) in [6, 6.07) is 12.0. The average Bonchev–Trinajstić information content (AvgIpc) is 3.49. The fourth-order valence-electron chi connectivity index (χ4n) is 5.19. The Kier molecular flexibility index (Phi) is 5.29. The number of ether oxygens (including phenoxy) is 2. The smallest absolute Gasteiger partial charge is 0.227 e. The van der Waals surface area contributed by atoms with Crippen molar-refractivity contribution < 1.29 is 9.47 Å². The minimum absolute atomic E-state index is 0.354. The third-order valence-electron chi connectivity index (χ3n) is 6.98. The van der Waals surface area contributed by atoms with Crippen LogP contribution in [0.3, 0.4) is 0 Å². The zero-order chi connectivity index (χ0) is 24.8. The molecule has 4 aromatic rings. The van der Waals surface area contributed by atoms with Crippen LogP contribution in [-0.2, 0) is 6.54 Å². The Bertz CT molecular complexity index is 1520. The Hall–Kier alpha value is -4.45. The molecule has 9 nitrogen and oxygen atoms in total. The second-order valence-electron chi connectivity index (χ2n) is 9.38. The van der Waals surface area contributed by atoms with Gasteiger partial charge in [0.15, 0.2) is 0 Å². The van der Waals surface area contributed by atoms with Crippen molar-refractivity contribution in [2.75, 3.05) is 42.8 Å². The number of aromatic nitrogens is 3. The molecule has 6 rings (SSSR count). The lowest BCUT2D eigenvalue weighted by atomic mass is 10.1. The predicted molar refractivity (Wildman–Crippen MR) is 140 cm³/mol. The summed E-state index contributed by atoms with van der Waals surface area (Å²) in [5.74, 6) is 2.48. The van der Waals surface area contributed by atoms with Crippen LogP contribution in [0.25, 0.3) is 22.2 Å². The molecule has 2 aromatic carbocycles. The second kappa shape index (κ2) is 8.64. The van der Waals surface area contributed by atoms with E-state index in [1.54, 1.807) is 13.3 Å². The number of rotatable bonds is 5. The van der Waals surface area contributed by atoms with Crippen molar-refractivity contribution in [1.82, 2.24) is 14.5 Å². The maximum atomic E-state index is 9.81. The topological polar surface area (TPSA) is 114 Å². The number of nitrogens with zero attached hydrogens (tertiary/aromatic N) is 5. The zero-order valence-electron chi connectivity index (χ0n) is 20.3. The van der Waals surface area contributed by atoms with Gasteiger partial charge in [0, 0.05) is 36.3 Å². The van der Waals surface area contributed by atoms with Crippen molar-refractivity contribution in [1.29, 1.82) is 5.26 Å². The summed E-state index contributed by atoms with van der Waals surface area (Å²) in [6.45, 7) is 5.55. The monoisotopic (exact) mass is 481 g/mol. The highest BCUT2D eigenvalue weighted by Crippen LogP contribution is 2.40. The molecule has 36 heavy (non-hydrogen) atoms. The van der Waals surface area contributed by atoms with Crippen LogP contribution in [0, 0.1) is 17.2 Å². The van der Waals surface area contributed by atoms with Gasteiger partial charge in [-0.1, -0.05) is 19.1 Å². The summed E-state index contributed by atoms with van der Waals surface area (Å²) < 4.78 is 13.7. The van der Waals surface area contributed by atoms with Gasteiger partial charge in [0.1, 0.15) is 24.2 Å². The van der Waals surface area contributed by atoms with Crippen LogP contribution in [0.4, 0.5) is 23.0 Å². The summed E-state index contributed by atoms with van der Waals surface area (Å²) in [4.78, 5) is 11.5. The van der Waals surface area contributed by atoms with Crippen LogP contribution in [0.1, 0.15) is 18.9 Å². The molecular formula is C27H27N7O2. The third kappa shape index (κ3) is 3.62. The molecule has 2 aliphatic heterocycles. The maximum Gasteiger partial charge on any atom is 0.227 e. The highest BCUT2D eigenvalue weighted by atomic mass is 16.5. The molecule has 0 spiro atoms. The van der Waals surface area contributed by atoms with Crippen molar-refractivity contribution in [2.45, 2.75) is 19.9 Å². The minimum Gasteiger partial charge on any atom is -0.494 e. The van der Waals surface area contributed by atoms with Gasteiger partial charge >= 0.3 is 0 Å². The first-order chi connectivity index (χ1) is 17.6. The van der Waals surface area contributed by atoms with Crippen molar-refractivity contribution >= 4 is 33.9 Å². The van der Waals surface area contributed by atoms with Crippen LogP contribution in [-0.4, -0.2) is 41.3 Å². The van der Waals surface area contributed by atoms with Gasteiger partial charge in [0.25, 0.3) is 0 Å². The number of anilines is 4. The quantitative estimate of drug-likeness (QED) is 0.399. The Morgan fingerprint density at radius 2 is 2.17 bits per heavy atom.